The number of hydrogen-bond donors (Lipinski definition) is 1. The third kappa shape index (κ3) is 4.08. The van der Waals surface area contributed by atoms with Crippen LogP contribution >= 0.6 is 0 Å². The molecular weight excluding hydrogens is 277 g/mol. The van der Waals surface area contributed by atoms with Crippen LogP contribution in [0, 0.1) is 5.82 Å². The zero-order chi connectivity index (χ0) is 15.9. The number of hydrogen-bond acceptors (Lipinski definition) is 2. The third-order valence-electron chi connectivity index (χ3n) is 3.93. The van der Waals surface area contributed by atoms with Gasteiger partial charge in [-0.3, -0.25) is 0 Å². The molecule has 22 heavy (non-hydrogen) atoms. The summed E-state index contributed by atoms with van der Waals surface area (Å²) in [6, 6.07) is 13.7. The second-order valence-electron chi connectivity index (χ2n) is 5.43. The van der Waals surface area contributed by atoms with Gasteiger partial charge >= 0.3 is 0 Å². The zero-order valence-corrected chi connectivity index (χ0v) is 13.3. The molecule has 0 spiro atoms. The predicted molar refractivity (Wildman–Crippen MR) is 88.9 cm³/mol. The summed E-state index contributed by atoms with van der Waals surface area (Å²) in [7, 11) is 0. The highest BCUT2D eigenvalue weighted by molar-refractivity contribution is 5.33. The number of halogens is 1. The molecule has 0 bridgehead atoms. The Kier molecular flexibility index (Phi) is 5.96. The second kappa shape index (κ2) is 7.95. The maximum absolute atomic E-state index is 14.0. The van der Waals surface area contributed by atoms with E-state index in [1.165, 1.54) is 11.1 Å². The van der Waals surface area contributed by atoms with E-state index in [2.05, 4.69) is 31.2 Å². The van der Waals surface area contributed by atoms with Gasteiger partial charge in [-0.05, 0) is 55.1 Å². The highest BCUT2D eigenvalue weighted by Gasteiger charge is 2.13. The molecule has 2 nitrogen and oxygen atoms in total. The Morgan fingerprint density at radius 1 is 1.05 bits per heavy atom. The van der Waals surface area contributed by atoms with Crippen molar-refractivity contribution < 1.29 is 9.13 Å². The molecule has 0 heterocycles. The van der Waals surface area contributed by atoms with Crippen LogP contribution < -0.4 is 10.5 Å². The van der Waals surface area contributed by atoms with Crippen LogP contribution in [-0.4, -0.2) is 13.2 Å². The maximum Gasteiger partial charge on any atom is 0.165 e. The second-order valence-corrected chi connectivity index (χ2v) is 5.43. The van der Waals surface area contributed by atoms with Gasteiger partial charge in [-0.15, -0.1) is 0 Å². The van der Waals surface area contributed by atoms with Gasteiger partial charge in [-0.25, -0.2) is 4.39 Å². The monoisotopic (exact) mass is 301 g/mol. The Labute approximate surface area is 132 Å². The summed E-state index contributed by atoms with van der Waals surface area (Å²) in [5.41, 5.74) is 9.36. The molecule has 0 fully saturated rings. The van der Waals surface area contributed by atoms with Crippen LogP contribution in [0.25, 0.3) is 0 Å². The average molecular weight is 301 g/mol. The predicted octanol–water partition coefficient (Wildman–Crippen LogP) is 4.07. The first-order chi connectivity index (χ1) is 10.7. The zero-order valence-electron chi connectivity index (χ0n) is 13.3. The molecular formula is C19H24FNO. The fraction of sp³-hybridized carbons (Fsp3) is 0.368. The lowest BCUT2D eigenvalue weighted by molar-refractivity contribution is 0.321. The van der Waals surface area contributed by atoms with Gasteiger partial charge in [-0.2, -0.15) is 0 Å². The summed E-state index contributed by atoms with van der Waals surface area (Å²) in [5, 5.41) is 0. The van der Waals surface area contributed by atoms with Gasteiger partial charge in [0.1, 0.15) is 0 Å². The Balaban J connectivity index is 2.14. The summed E-state index contributed by atoms with van der Waals surface area (Å²) < 4.78 is 19.2. The summed E-state index contributed by atoms with van der Waals surface area (Å²) in [6.45, 7) is 4.93. The summed E-state index contributed by atoms with van der Waals surface area (Å²) in [5.74, 6) is 0.0890. The minimum absolute atomic E-state index is 0.109. The van der Waals surface area contributed by atoms with Crippen LogP contribution in [-0.2, 0) is 12.8 Å². The van der Waals surface area contributed by atoms with E-state index in [9.17, 15) is 4.39 Å². The SMILES string of the molecule is CCOc1ccc(C(CN)Cc2ccc(CC)cc2)cc1F. The largest absolute Gasteiger partial charge is 0.491 e. The molecule has 0 saturated carbocycles. The van der Waals surface area contributed by atoms with E-state index in [4.69, 9.17) is 10.5 Å². The fourth-order valence-corrected chi connectivity index (χ4v) is 2.58. The van der Waals surface area contributed by atoms with E-state index in [-0.39, 0.29) is 11.7 Å². The Morgan fingerprint density at radius 2 is 1.73 bits per heavy atom. The molecule has 0 saturated heterocycles. The van der Waals surface area contributed by atoms with Crippen LogP contribution in [0.2, 0.25) is 0 Å². The van der Waals surface area contributed by atoms with Gasteiger partial charge in [0.2, 0.25) is 0 Å². The molecule has 3 heteroatoms. The van der Waals surface area contributed by atoms with Crippen LogP contribution in [0.15, 0.2) is 42.5 Å². The minimum Gasteiger partial charge on any atom is -0.491 e. The highest BCUT2D eigenvalue weighted by atomic mass is 19.1. The van der Waals surface area contributed by atoms with Crippen molar-refractivity contribution in [1.82, 2.24) is 0 Å². The van der Waals surface area contributed by atoms with Crippen molar-refractivity contribution in [1.29, 1.82) is 0 Å². The van der Waals surface area contributed by atoms with E-state index >= 15 is 0 Å². The van der Waals surface area contributed by atoms with E-state index < -0.39 is 0 Å². The lowest BCUT2D eigenvalue weighted by Crippen LogP contribution is -2.15. The van der Waals surface area contributed by atoms with Crippen LogP contribution in [0.5, 0.6) is 5.75 Å². The fourth-order valence-electron chi connectivity index (χ4n) is 2.58. The standard InChI is InChI=1S/C19H24FNO/c1-3-14-5-7-15(8-6-14)11-17(13-21)16-9-10-19(22-4-2)18(20)12-16/h5-10,12,17H,3-4,11,13,21H2,1-2H3. The molecule has 2 aromatic rings. The first kappa shape index (κ1) is 16.5. The van der Waals surface area contributed by atoms with Gasteiger partial charge in [0, 0.05) is 5.92 Å². The van der Waals surface area contributed by atoms with Crippen molar-refractivity contribution in [2.75, 3.05) is 13.2 Å². The quantitative estimate of drug-likeness (QED) is 0.836. The molecule has 0 aromatic heterocycles. The van der Waals surface area contributed by atoms with E-state index in [0.29, 0.717) is 18.9 Å². The third-order valence-corrected chi connectivity index (χ3v) is 3.93. The molecule has 0 radical (unpaired) electrons. The Bertz CT molecular complexity index is 595. The van der Waals surface area contributed by atoms with Crippen LogP contribution in [0.3, 0.4) is 0 Å². The average Bonchev–Trinajstić information content (AvgIpc) is 2.55. The molecule has 118 valence electrons. The number of aryl methyl sites for hydroxylation is 1. The maximum atomic E-state index is 14.0. The van der Waals surface area contributed by atoms with Crippen LogP contribution in [0.4, 0.5) is 4.39 Å². The lowest BCUT2D eigenvalue weighted by Gasteiger charge is -2.17. The molecule has 0 aliphatic carbocycles. The summed E-state index contributed by atoms with van der Waals surface area (Å²) in [4.78, 5) is 0. The topological polar surface area (TPSA) is 35.2 Å². The van der Waals surface area contributed by atoms with Gasteiger partial charge < -0.3 is 10.5 Å². The van der Waals surface area contributed by atoms with E-state index in [1.807, 2.05) is 13.0 Å². The van der Waals surface area contributed by atoms with Gasteiger partial charge in [0.05, 0.1) is 6.61 Å². The minimum atomic E-state index is -0.320. The number of rotatable bonds is 7. The van der Waals surface area contributed by atoms with Gasteiger partial charge in [0.25, 0.3) is 0 Å². The molecule has 2 N–H and O–H groups in total. The van der Waals surface area contributed by atoms with Crippen molar-refractivity contribution in [3.63, 3.8) is 0 Å². The normalized spacial score (nSPS) is 12.2. The molecule has 1 atom stereocenters. The molecule has 0 amide bonds. The Morgan fingerprint density at radius 3 is 2.27 bits per heavy atom. The van der Waals surface area contributed by atoms with Gasteiger partial charge in [0.15, 0.2) is 11.6 Å². The van der Waals surface area contributed by atoms with Gasteiger partial charge in [-0.1, -0.05) is 37.3 Å². The van der Waals surface area contributed by atoms with Crippen molar-refractivity contribution in [2.24, 2.45) is 5.73 Å². The molecule has 2 aromatic carbocycles. The molecule has 0 aliphatic rings. The van der Waals surface area contributed by atoms with Crippen molar-refractivity contribution >= 4 is 0 Å². The molecule has 0 aliphatic heterocycles. The summed E-state index contributed by atoms with van der Waals surface area (Å²) >= 11 is 0. The van der Waals surface area contributed by atoms with E-state index in [0.717, 1.165) is 18.4 Å². The van der Waals surface area contributed by atoms with E-state index in [1.54, 1.807) is 12.1 Å². The number of nitrogens with two attached hydrogens (primary N) is 1. The van der Waals surface area contributed by atoms with Crippen molar-refractivity contribution in [2.45, 2.75) is 32.6 Å². The molecule has 1 unspecified atom stereocenters. The molecule has 2 rings (SSSR count). The number of ether oxygens (including phenoxy) is 1. The van der Waals surface area contributed by atoms with Crippen LogP contribution in [0.1, 0.15) is 36.5 Å². The highest BCUT2D eigenvalue weighted by Crippen LogP contribution is 2.25. The smallest absolute Gasteiger partial charge is 0.165 e. The first-order valence-corrected chi connectivity index (χ1v) is 7.88. The summed E-state index contributed by atoms with van der Waals surface area (Å²) in [6.07, 6.45) is 1.85. The van der Waals surface area contributed by atoms with Crippen molar-refractivity contribution in [3.05, 3.63) is 65.0 Å². The first-order valence-electron chi connectivity index (χ1n) is 7.88. The Hall–Kier alpha value is -1.87. The van der Waals surface area contributed by atoms with Crippen molar-refractivity contribution in [3.8, 4) is 5.75 Å². The number of benzene rings is 2. The lowest BCUT2D eigenvalue weighted by atomic mass is 9.91.